The van der Waals surface area contributed by atoms with Gasteiger partial charge in [-0.3, -0.25) is 4.79 Å². The van der Waals surface area contributed by atoms with Crippen molar-refractivity contribution in [3.8, 4) is 0 Å². The van der Waals surface area contributed by atoms with Gasteiger partial charge >= 0.3 is 0 Å². The van der Waals surface area contributed by atoms with Crippen molar-refractivity contribution < 1.29 is 9.90 Å². The highest BCUT2D eigenvalue weighted by Crippen LogP contribution is 2.25. The summed E-state index contributed by atoms with van der Waals surface area (Å²) in [6, 6.07) is 7.54. The monoisotopic (exact) mass is 264 g/mol. The van der Waals surface area contributed by atoms with Gasteiger partial charge < -0.3 is 16.2 Å². The maximum absolute atomic E-state index is 12.2. The van der Waals surface area contributed by atoms with Gasteiger partial charge in [-0.15, -0.1) is 0 Å². The lowest BCUT2D eigenvalue weighted by molar-refractivity contribution is -0.131. The number of amides is 1. The molecule has 0 atom stereocenters. The van der Waals surface area contributed by atoms with Gasteiger partial charge in [-0.2, -0.15) is 0 Å². The zero-order valence-corrected chi connectivity index (χ0v) is 11.8. The lowest BCUT2D eigenvalue weighted by Gasteiger charge is -2.28. The van der Waals surface area contributed by atoms with Crippen LogP contribution in [0.2, 0.25) is 0 Å². The summed E-state index contributed by atoms with van der Waals surface area (Å²) in [7, 11) is 0. The van der Waals surface area contributed by atoms with E-state index in [9.17, 15) is 4.79 Å². The molecule has 106 valence electrons. The van der Waals surface area contributed by atoms with Gasteiger partial charge in [0.05, 0.1) is 12.0 Å². The largest absolute Gasteiger partial charge is 0.392 e. The zero-order valence-electron chi connectivity index (χ0n) is 11.8. The fourth-order valence-corrected chi connectivity index (χ4v) is 2.08. The molecule has 19 heavy (non-hydrogen) atoms. The van der Waals surface area contributed by atoms with Gasteiger partial charge in [-0.1, -0.05) is 38.1 Å². The molecule has 0 radical (unpaired) electrons. The lowest BCUT2D eigenvalue weighted by atomic mass is 9.81. The third-order valence-corrected chi connectivity index (χ3v) is 3.88. The van der Waals surface area contributed by atoms with E-state index in [4.69, 9.17) is 10.8 Å². The van der Waals surface area contributed by atoms with Crippen molar-refractivity contribution in [3.05, 3.63) is 35.4 Å². The molecule has 0 bridgehead atoms. The molecular formula is C15H24N2O2. The Labute approximate surface area is 115 Å². The molecule has 1 amide bonds. The fourth-order valence-electron chi connectivity index (χ4n) is 2.08. The van der Waals surface area contributed by atoms with Crippen LogP contribution in [0, 0.1) is 5.41 Å². The molecule has 0 saturated heterocycles. The third kappa shape index (κ3) is 3.78. The fraction of sp³-hybridized carbons (Fsp3) is 0.533. The van der Waals surface area contributed by atoms with Crippen LogP contribution in [0.1, 0.15) is 37.8 Å². The van der Waals surface area contributed by atoms with E-state index < -0.39 is 5.41 Å². The normalized spacial score (nSPS) is 11.4. The lowest BCUT2D eigenvalue weighted by Crippen LogP contribution is -2.45. The molecule has 0 heterocycles. The van der Waals surface area contributed by atoms with E-state index in [0.717, 1.165) is 24.0 Å². The van der Waals surface area contributed by atoms with Crippen molar-refractivity contribution in [2.24, 2.45) is 11.1 Å². The van der Waals surface area contributed by atoms with Crippen LogP contribution in [0.3, 0.4) is 0 Å². The van der Waals surface area contributed by atoms with Crippen molar-refractivity contribution in [2.75, 3.05) is 6.54 Å². The van der Waals surface area contributed by atoms with Gasteiger partial charge in [0.15, 0.2) is 0 Å². The van der Waals surface area contributed by atoms with E-state index in [0.29, 0.717) is 13.1 Å². The van der Waals surface area contributed by atoms with Crippen molar-refractivity contribution in [1.82, 2.24) is 5.32 Å². The van der Waals surface area contributed by atoms with Gasteiger partial charge in [0.2, 0.25) is 5.91 Å². The number of nitrogens with one attached hydrogen (secondary N) is 1. The average Bonchev–Trinajstić information content (AvgIpc) is 2.48. The van der Waals surface area contributed by atoms with Crippen LogP contribution in [0.4, 0.5) is 0 Å². The first-order valence-electron chi connectivity index (χ1n) is 6.79. The SMILES string of the molecule is CCC(CC)(CN)C(=O)NCc1ccc(CO)cc1. The predicted octanol–water partition coefficient (Wildman–Crippen LogP) is 1.56. The van der Waals surface area contributed by atoms with Crippen LogP contribution in [0.5, 0.6) is 0 Å². The molecule has 0 aliphatic carbocycles. The Morgan fingerprint density at radius 3 is 2.16 bits per heavy atom. The Kier molecular flexibility index (Phi) is 5.99. The van der Waals surface area contributed by atoms with E-state index >= 15 is 0 Å². The van der Waals surface area contributed by atoms with Crippen LogP contribution in [-0.4, -0.2) is 17.6 Å². The van der Waals surface area contributed by atoms with E-state index in [1.54, 1.807) is 0 Å². The molecule has 1 rings (SSSR count). The summed E-state index contributed by atoms with van der Waals surface area (Å²) in [6.07, 6.45) is 1.49. The highest BCUT2D eigenvalue weighted by molar-refractivity contribution is 5.82. The van der Waals surface area contributed by atoms with Crippen LogP contribution in [0.25, 0.3) is 0 Å². The van der Waals surface area contributed by atoms with Gasteiger partial charge in [0.1, 0.15) is 0 Å². The highest BCUT2D eigenvalue weighted by Gasteiger charge is 2.32. The second kappa shape index (κ2) is 7.26. The van der Waals surface area contributed by atoms with Crippen LogP contribution in [-0.2, 0) is 17.9 Å². The number of nitrogens with two attached hydrogens (primary N) is 1. The Bertz CT molecular complexity index is 389. The average molecular weight is 264 g/mol. The molecular weight excluding hydrogens is 240 g/mol. The summed E-state index contributed by atoms with van der Waals surface area (Å²) in [5.74, 6) is 0.0197. The second-order valence-electron chi connectivity index (χ2n) is 4.85. The summed E-state index contributed by atoms with van der Waals surface area (Å²) < 4.78 is 0. The molecule has 0 spiro atoms. The molecule has 0 aromatic heterocycles. The summed E-state index contributed by atoms with van der Waals surface area (Å²) in [5, 5.41) is 11.9. The number of aliphatic hydroxyl groups excluding tert-OH is 1. The van der Waals surface area contributed by atoms with Crippen molar-refractivity contribution in [2.45, 2.75) is 39.8 Å². The molecule has 4 nitrogen and oxygen atoms in total. The standard InChI is InChI=1S/C15H24N2O2/c1-3-15(4-2,11-16)14(19)17-9-12-5-7-13(10-18)8-6-12/h5-8,18H,3-4,9-11,16H2,1-2H3,(H,17,19). The minimum atomic E-state index is -0.453. The number of rotatable bonds is 7. The van der Waals surface area contributed by atoms with E-state index in [2.05, 4.69) is 5.32 Å². The highest BCUT2D eigenvalue weighted by atomic mass is 16.3. The van der Waals surface area contributed by atoms with Crippen LogP contribution in [0.15, 0.2) is 24.3 Å². The van der Waals surface area contributed by atoms with E-state index in [-0.39, 0.29) is 12.5 Å². The zero-order chi connectivity index (χ0) is 14.3. The number of hydrogen-bond acceptors (Lipinski definition) is 3. The molecule has 0 fully saturated rings. The summed E-state index contributed by atoms with van der Waals surface area (Å²) in [5.41, 5.74) is 7.18. The van der Waals surface area contributed by atoms with Gasteiger partial charge in [-0.25, -0.2) is 0 Å². The van der Waals surface area contributed by atoms with Gasteiger partial charge in [-0.05, 0) is 24.0 Å². The molecule has 0 saturated carbocycles. The molecule has 4 N–H and O–H groups in total. The first-order chi connectivity index (χ1) is 9.11. The third-order valence-electron chi connectivity index (χ3n) is 3.88. The summed E-state index contributed by atoms with van der Waals surface area (Å²) >= 11 is 0. The first-order valence-corrected chi connectivity index (χ1v) is 6.79. The van der Waals surface area contributed by atoms with Crippen molar-refractivity contribution in [1.29, 1.82) is 0 Å². The molecule has 0 aliphatic rings. The molecule has 4 heteroatoms. The summed E-state index contributed by atoms with van der Waals surface area (Å²) in [6.45, 7) is 4.88. The van der Waals surface area contributed by atoms with Crippen molar-refractivity contribution in [3.63, 3.8) is 0 Å². The van der Waals surface area contributed by atoms with E-state index in [1.165, 1.54) is 0 Å². The quantitative estimate of drug-likeness (QED) is 0.699. The maximum atomic E-state index is 12.2. The summed E-state index contributed by atoms with van der Waals surface area (Å²) in [4.78, 5) is 12.2. The van der Waals surface area contributed by atoms with E-state index in [1.807, 2.05) is 38.1 Å². The predicted molar refractivity (Wildman–Crippen MR) is 76.3 cm³/mol. The smallest absolute Gasteiger partial charge is 0.227 e. The number of benzene rings is 1. The van der Waals surface area contributed by atoms with Crippen molar-refractivity contribution >= 4 is 5.91 Å². The molecule has 0 aliphatic heterocycles. The molecule has 1 aromatic rings. The van der Waals surface area contributed by atoms with Gasteiger partial charge in [0.25, 0.3) is 0 Å². The topological polar surface area (TPSA) is 75.4 Å². The Morgan fingerprint density at radius 2 is 1.74 bits per heavy atom. The van der Waals surface area contributed by atoms with Gasteiger partial charge in [0, 0.05) is 13.1 Å². The Hall–Kier alpha value is -1.39. The van der Waals surface area contributed by atoms with Crippen LogP contribution >= 0.6 is 0 Å². The number of aliphatic hydroxyl groups is 1. The number of carbonyl (C=O) groups excluding carboxylic acids is 1. The second-order valence-corrected chi connectivity index (χ2v) is 4.85. The number of hydrogen-bond donors (Lipinski definition) is 3. The first kappa shape index (κ1) is 15.7. The maximum Gasteiger partial charge on any atom is 0.227 e. The minimum Gasteiger partial charge on any atom is -0.392 e. The van der Waals surface area contributed by atoms with Crippen LogP contribution < -0.4 is 11.1 Å². The molecule has 0 unspecified atom stereocenters. The Morgan fingerprint density at radius 1 is 1.21 bits per heavy atom. The minimum absolute atomic E-state index is 0.0197. The Balaban J connectivity index is 2.62. The molecule has 1 aromatic carbocycles. The number of carbonyl (C=O) groups is 1.